The Morgan fingerprint density at radius 3 is 2.58 bits per heavy atom. The highest BCUT2D eigenvalue weighted by molar-refractivity contribution is 6.30. The summed E-state index contributed by atoms with van der Waals surface area (Å²) in [6.07, 6.45) is 7.95. The number of hydrogen-bond donors (Lipinski definition) is 1. The number of carbonyl (C=O) groups excluding carboxylic acids is 1. The molecular weight excluding hydrogens is 258 g/mol. The molecule has 0 heterocycles. The minimum absolute atomic E-state index is 0.195. The van der Waals surface area contributed by atoms with Crippen LogP contribution < -0.4 is 5.32 Å². The predicted molar refractivity (Wildman–Crippen MR) is 79.4 cm³/mol. The summed E-state index contributed by atoms with van der Waals surface area (Å²) in [7, 11) is 0. The van der Waals surface area contributed by atoms with Crippen LogP contribution in [0.5, 0.6) is 0 Å². The molecular formula is C16H22ClNO. The molecule has 0 radical (unpaired) electrons. The van der Waals surface area contributed by atoms with Crippen LogP contribution in [-0.2, 0) is 11.2 Å². The molecule has 3 heteroatoms. The van der Waals surface area contributed by atoms with Crippen LogP contribution in [0.2, 0.25) is 5.02 Å². The Kier molecular flexibility index (Phi) is 5.71. The second-order valence-corrected chi connectivity index (χ2v) is 5.85. The lowest BCUT2D eigenvalue weighted by Crippen LogP contribution is -2.25. The number of hydrogen-bond acceptors (Lipinski definition) is 1. The maximum atomic E-state index is 11.7. The zero-order valence-corrected chi connectivity index (χ0v) is 12.1. The predicted octanol–water partition coefficient (Wildman–Crippen LogP) is 3.97. The van der Waals surface area contributed by atoms with Crippen LogP contribution >= 0.6 is 11.6 Å². The summed E-state index contributed by atoms with van der Waals surface area (Å²) in [5.74, 6) is 0.989. The Morgan fingerprint density at radius 1 is 1.21 bits per heavy atom. The molecule has 2 rings (SSSR count). The maximum Gasteiger partial charge on any atom is 0.220 e. The van der Waals surface area contributed by atoms with Crippen molar-refractivity contribution in [2.75, 3.05) is 6.54 Å². The molecule has 1 N–H and O–H groups in total. The van der Waals surface area contributed by atoms with Gasteiger partial charge >= 0.3 is 0 Å². The third kappa shape index (κ3) is 5.23. The molecule has 19 heavy (non-hydrogen) atoms. The summed E-state index contributed by atoms with van der Waals surface area (Å²) in [6, 6.07) is 7.79. The Bertz CT molecular complexity index is 396. The summed E-state index contributed by atoms with van der Waals surface area (Å²) < 4.78 is 0. The van der Waals surface area contributed by atoms with Gasteiger partial charge in [0.15, 0.2) is 0 Å². The van der Waals surface area contributed by atoms with Crippen molar-refractivity contribution in [1.82, 2.24) is 5.32 Å². The fourth-order valence-electron chi connectivity index (χ4n) is 2.72. The molecule has 0 bridgehead atoms. The SMILES string of the molecule is O=C(CCC1CCCC1)NCCc1ccc(Cl)cc1. The maximum absolute atomic E-state index is 11.7. The van der Waals surface area contributed by atoms with E-state index in [-0.39, 0.29) is 5.91 Å². The lowest BCUT2D eigenvalue weighted by molar-refractivity contribution is -0.121. The van der Waals surface area contributed by atoms with E-state index in [0.717, 1.165) is 23.8 Å². The Morgan fingerprint density at radius 2 is 1.89 bits per heavy atom. The van der Waals surface area contributed by atoms with E-state index in [2.05, 4.69) is 5.32 Å². The van der Waals surface area contributed by atoms with Crippen molar-refractivity contribution in [3.05, 3.63) is 34.9 Å². The highest BCUT2D eigenvalue weighted by atomic mass is 35.5. The van der Waals surface area contributed by atoms with E-state index in [4.69, 9.17) is 11.6 Å². The smallest absolute Gasteiger partial charge is 0.220 e. The molecule has 1 aromatic rings. The molecule has 0 spiro atoms. The molecule has 104 valence electrons. The van der Waals surface area contributed by atoms with Crippen LogP contribution in [0.15, 0.2) is 24.3 Å². The van der Waals surface area contributed by atoms with Gasteiger partial charge in [-0.15, -0.1) is 0 Å². The van der Waals surface area contributed by atoms with Crippen molar-refractivity contribution in [3.63, 3.8) is 0 Å². The van der Waals surface area contributed by atoms with Crippen molar-refractivity contribution in [2.24, 2.45) is 5.92 Å². The van der Waals surface area contributed by atoms with Gasteiger partial charge in [-0.3, -0.25) is 4.79 Å². The molecule has 1 aliphatic rings. The normalized spacial score (nSPS) is 15.6. The zero-order chi connectivity index (χ0) is 13.5. The van der Waals surface area contributed by atoms with Gasteiger partial charge in [-0.2, -0.15) is 0 Å². The van der Waals surface area contributed by atoms with Crippen molar-refractivity contribution < 1.29 is 4.79 Å². The summed E-state index contributed by atoms with van der Waals surface area (Å²) in [4.78, 5) is 11.7. The average Bonchev–Trinajstić information content (AvgIpc) is 2.92. The van der Waals surface area contributed by atoms with E-state index in [1.165, 1.54) is 31.2 Å². The van der Waals surface area contributed by atoms with E-state index < -0.39 is 0 Å². The molecule has 0 unspecified atom stereocenters. The summed E-state index contributed by atoms with van der Waals surface area (Å²) in [5.41, 5.74) is 1.21. The zero-order valence-electron chi connectivity index (χ0n) is 11.3. The molecule has 0 atom stereocenters. The van der Waals surface area contributed by atoms with E-state index >= 15 is 0 Å². The van der Waals surface area contributed by atoms with Gasteiger partial charge in [0.2, 0.25) is 5.91 Å². The number of benzene rings is 1. The molecule has 1 fully saturated rings. The van der Waals surface area contributed by atoms with Crippen LogP contribution in [0.3, 0.4) is 0 Å². The number of nitrogens with one attached hydrogen (secondary N) is 1. The van der Waals surface area contributed by atoms with E-state index in [1.807, 2.05) is 24.3 Å². The van der Waals surface area contributed by atoms with Crippen LogP contribution in [0.25, 0.3) is 0 Å². The van der Waals surface area contributed by atoms with Crippen molar-refractivity contribution >= 4 is 17.5 Å². The lowest BCUT2D eigenvalue weighted by atomic mass is 10.0. The quantitative estimate of drug-likeness (QED) is 0.839. The molecule has 2 nitrogen and oxygen atoms in total. The van der Waals surface area contributed by atoms with Crippen LogP contribution in [0.4, 0.5) is 0 Å². The van der Waals surface area contributed by atoms with Crippen LogP contribution in [0, 0.1) is 5.92 Å². The lowest BCUT2D eigenvalue weighted by Gasteiger charge is -2.09. The topological polar surface area (TPSA) is 29.1 Å². The first kappa shape index (κ1) is 14.4. The molecule has 1 saturated carbocycles. The largest absolute Gasteiger partial charge is 0.356 e. The summed E-state index contributed by atoms with van der Waals surface area (Å²) in [6.45, 7) is 0.713. The minimum atomic E-state index is 0.195. The van der Waals surface area contributed by atoms with E-state index in [9.17, 15) is 4.79 Å². The fourth-order valence-corrected chi connectivity index (χ4v) is 2.85. The highest BCUT2D eigenvalue weighted by Gasteiger charge is 2.15. The van der Waals surface area contributed by atoms with Gasteiger partial charge in [-0.05, 0) is 36.5 Å². The van der Waals surface area contributed by atoms with E-state index in [1.54, 1.807) is 0 Å². The number of carbonyl (C=O) groups is 1. The first-order chi connectivity index (χ1) is 9.24. The standard InChI is InChI=1S/C16H22ClNO/c17-15-8-5-14(6-9-15)11-12-18-16(19)10-7-13-3-1-2-4-13/h5-6,8-9,13H,1-4,7,10-12H2,(H,18,19). The van der Waals surface area contributed by atoms with E-state index in [0.29, 0.717) is 13.0 Å². The van der Waals surface area contributed by atoms with Gasteiger partial charge in [-0.25, -0.2) is 0 Å². The second kappa shape index (κ2) is 7.54. The number of rotatable bonds is 6. The van der Waals surface area contributed by atoms with Crippen molar-refractivity contribution in [2.45, 2.75) is 44.9 Å². The number of amides is 1. The Labute approximate surface area is 120 Å². The van der Waals surface area contributed by atoms with Crippen molar-refractivity contribution in [3.8, 4) is 0 Å². The molecule has 0 aromatic heterocycles. The van der Waals surface area contributed by atoms with Gasteiger partial charge in [0.25, 0.3) is 0 Å². The van der Waals surface area contributed by atoms with Gasteiger partial charge in [0.05, 0.1) is 0 Å². The van der Waals surface area contributed by atoms with Gasteiger partial charge in [-0.1, -0.05) is 49.4 Å². The monoisotopic (exact) mass is 279 g/mol. The van der Waals surface area contributed by atoms with Crippen LogP contribution in [0.1, 0.15) is 44.1 Å². The third-order valence-corrected chi connectivity index (χ3v) is 4.16. The second-order valence-electron chi connectivity index (χ2n) is 5.42. The fraction of sp³-hybridized carbons (Fsp3) is 0.562. The summed E-state index contributed by atoms with van der Waals surface area (Å²) in [5, 5.41) is 3.75. The molecule has 1 amide bonds. The van der Waals surface area contributed by atoms with Crippen LogP contribution in [-0.4, -0.2) is 12.5 Å². The average molecular weight is 280 g/mol. The molecule has 1 aromatic carbocycles. The van der Waals surface area contributed by atoms with Crippen molar-refractivity contribution in [1.29, 1.82) is 0 Å². The highest BCUT2D eigenvalue weighted by Crippen LogP contribution is 2.28. The first-order valence-electron chi connectivity index (χ1n) is 7.25. The first-order valence-corrected chi connectivity index (χ1v) is 7.63. The third-order valence-electron chi connectivity index (χ3n) is 3.90. The van der Waals surface area contributed by atoms with Gasteiger partial charge < -0.3 is 5.32 Å². The number of halogens is 1. The molecule has 0 saturated heterocycles. The summed E-state index contributed by atoms with van der Waals surface area (Å²) >= 11 is 5.83. The Hall–Kier alpha value is -1.02. The minimum Gasteiger partial charge on any atom is -0.356 e. The molecule has 1 aliphatic carbocycles. The molecule has 0 aliphatic heterocycles. The van der Waals surface area contributed by atoms with Gasteiger partial charge in [0.1, 0.15) is 0 Å². The Balaban J connectivity index is 1.59. The van der Waals surface area contributed by atoms with Gasteiger partial charge in [0, 0.05) is 18.0 Å².